The number of alkyl halides is 1. The summed E-state index contributed by atoms with van der Waals surface area (Å²) in [7, 11) is -3.35. The van der Waals surface area contributed by atoms with Crippen molar-refractivity contribution >= 4 is 36.0 Å². The van der Waals surface area contributed by atoms with Crippen LogP contribution in [0.25, 0.3) is 0 Å². The fourth-order valence-corrected chi connectivity index (χ4v) is 4.48. The summed E-state index contributed by atoms with van der Waals surface area (Å²) in [5, 5.41) is 4.97. The molecule has 1 aliphatic rings. The molecule has 0 saturated carbocycles. The van der Waals surface area contributed by atoms with Gasteiger partial charge in [0.05, 0.1) is 23.7 Å². The lowest BCUT2D eigenvalue weighted by Crippen LogP contribution is -2.43. The molecule has 1 unspecified atom stereocenters. The largest absolute Gasteiger partial charge is 0.321 e. The molecule has 1 heterocycles. The fourth-order valence-electron chi connectivity index (χ4n) is 1.96. The zero-order chi connectivity index (χ0) is 14.6. The third kappa shape index (κ3) is 3.15. The molecule has 1 aromatic carbocycles. The molecule has 1 atom stereocenters. The Morgan fingerprint density at radius 3 is 2.70 bits per heavy atom. The molecule has 9 heteroatoms. The van der Waals surface area contributed by atoms with E-state index in [0.717, 1.165) is 5.12 Å². The van der Waals surface area contributed by atoms with Crippen LogP contribution < -0.4 is 5.30 Å². The average Bonchev–Trinajstić information content (AvgIpc) is 2.46. The highest BCUT2D eigenvalue weighted by atomic mass is 35.5. The van der Waals surface area contributed by atoms with E-state index in [1.807, 2.05) is 0 Å². The van der Waals surface area contributed by atoms with Gasteiger partial charge in [0.1, 0.15) is 0 Å². The summed E-state index contributed by atoms with van der Waals surface area (Å²) in [4.78, 5) is 10.9. The van der Waals surface area contributed by atoms with Crippen LogP contribution in [0.15, 0.2) is 29.6 Å². The lowest BCUT2D eigenvalue weighted by atomic mass is 10.4. The second-order valence-electron chi connectivity index (χ2n) is 4.15. The first-order valence-electron chi connectivity index (χ1n) is 6.07. The van der Waals surface area contributed by atoms with Crippen molar-refractivity contribution in [3.05, 3.63) is 34.2 Å². The third-order valence-corrected chi connectivity index (χ3v) is 5.79. The zero-order valence-electron chi connectivity index (χ0n) is 10.6. The summed E-state index contributed by atoms with van der Waals surface area (Å²) in [5.74, 6) is 0.197. The number of hydrazine groups is 1. The predicted octanol–water partition coefficient (Wildman–Crippen LogP) is 3.02. The van der Waals surface area contributed by atoms with Gasteiger partial charge in [-0.25, -0.2) is 0 Å². The number of halogens is 2. The predicted molar refractivity (Wildman–Crippen MR) is 79.2 cm³/mol. The second kappa shape index (κ2) is 6.87. The minimum atomic E-state index is -3.35. The van der Waals surface area contributed by atoms with E-state index in [1.54, 1.807) is 24.3 Å². The van der Waals surface area contributed by atoms with Crippen LogP contribution in [0.2, 0.25) is 5.02 Å². The van der Waals surface area contributed by atoms with Crippen molar-refractivity contribution in [2.45, 2.75) is 6.42 Å². The molecule has 0 aromatic heterocycles. The Morgan fingerprint density at radius 2 is 2.10 bits per heavy atom. The minimum absolute atomic E-state index is 0.173. The summed E-state index contributed by atoms with van der Waals surface area (Å²) in [6.07, 6.45) is 0.659. The molecule has 1 aromatic rings. The van der Waals surface area contributed by atoms with E-state index < -0.39 is 7.52 Å². The minimum Gasteiger partial charge on any atom is -0.313 e. The molecular weight excluding hydrogens is 324 g/mol. The van der Waals surface area contributed by atoms with Crippen LogP contribution in [0, 0.1) is 4.91 Å². The number of hydrogen-bond donors (Lipinski definition) is 0. The maximum atomic E-state index is 13.1. The Labute approximate surface area is 127 Å². The first-order chi connectivity index (χ1) is 9.61. The van der Waals surface area contributed by atoms with Gasteiger partial charge in [-0.1, -0.05) is 11.6 Å². The van der Waals surface area contributed by atoms with E-state index >= 15 is 0 Å². The van der Waals surface area contributed by atoms with E-state index in [1.165, 1.54) is 4.78 Å². The molecule has 6 nitrogen and oxygen atoms in total. The van der Waals surface area contributed by atoms with E-state index in [2.05, 4.69) is 5.29 Å². The number of nitroso groups, excluding NO2 is 1. The van der Waals surface area contributed by atoms with Gasteiger partial charge in [0.25, 0.3) is 0 Å². The highest BCUT2D eigenvalue weighted by Crippen LogP contribution is 2.53. The molecule has 0 N–H and O–H groups in total. The smallest absolute Gasteiger partial charge is 0.313 e. The van der Waals surface area contributed by atoms with Crippen LogP contribution in [0.4, 0.5) is 0 Å². The summed E-state index contributed by atoms with van der Waals surface area (Å²) < 4.78 is 20.0. The molecule has 0 spiro atoms. The van der Waals surface area contributed by atoms with Gasteiger partial charge in [-0.3, -0.25) is 4.57 Å². The van der Waals surface area contributed by atoms with Crippen molar-refractivity contribution in [1.29, 1.82) is 0 Å². The number of nitrogens with zero attached hydrogens (tertiary/aromatic N) is 3. The Bertz CT molecular complexity index is 514. The van der Waals surface area contributed by atoms with Gasteiger partial charge in [0.15, 0.2) is 0 Å². The average molecular weight is 338 g/mol. The highest BCUT2D eigenvalue weighted by molar-refractivity contribution is 7.64. The summed E-state index contributed by atoms with van der Waals surface area (Å²) >= 11 is 11.5. The number of benzene rings is 1. The van der Waals surface area contributed by atoms with Crippen molar-refractivity contribution in [2.24, 2.45) is 5.29 Å². The van der Waals surface area contributed by atoms with Gasteiger partial charge >= 0.3 is 7.52 Å². The molecular formula is C11H14Cl2N3O3P. The molecule has 0 bridgehead atoms. The van der Waals surface area contributed by atoms with Crippen molar-refractivity contribution in [3.63, 3.8) is 0 Å². The highest BCUT2D eigenvalue weighted by Gasteiger charge is 2.40. The van der Waals surface area contributed by atoms with Crippen molar-refractivity contribution in [1.82, 2.24) is 9.90 Å². The summed E-state index contributed by atoms with van der Waals surface area (Å²) in [6, 6.07) is 6.52. The summed E-state index contributed by atoms with van der Waals surface area (Å²) in [6.45, 7) is 0.957. The topological polar surface area (TPSA) is 62.2 Å². The van der Waals surface area contributed by atoms with E-state index in [-0.39, 0.29) is 12.4 Å². The Kier molecular flexibility index (Phi) is 5.41. The first-order valence-corrected chi connectivity index (χ1v) is 8.56. The maximum absolute atomic E-state index is 13.1. The molecule has 1 fully saturated rings. The molecule has 110 valence electrons. The van der Waals surface area contributed by atoms with Gasteiger partial charge in [0.2, 0.25) is 0 Å². The summed E-state index contributed by atoms with van der Waals surface area (Å²) in [5.41, 5.74) is 0. The van der Waals surface area contributed by atoms with E-state index in [4.69, 9.17) is 27.7 Å². The van der Waals surface area contributed by atoms with Crippen molar-refractivity contribution < 1.29 is 9.09 Å². The van der Waals surface area contributed by atoms with Crippen molar-refractivity contribution in [3.8, 4) is 0 Å². The van der Waals surface area contributed by atoms with Gasteiger partial charge < -0.3 is 4.52 Å². The monoisotopic (exact) mass is 337 g/mol. The molecule has 2 rings (SSSR count). The van der Waals surface area contributed by atoms with E-state index in [0.29, 0.717) is 29.9 Å². The fraction of sp³-hybridized carbons (Fsp3) is 0.455. The molecule has 1 aliphatic heterocycles. The third-order valence-electron chi connectivity index (χ3n) is 2.87. The number of hydrogen-bond acceptors (Lipinski definition) is 4. The SMILES string of the molecule is O=NN(CCCl)N1CCCOP1(=O)c1ccc(Cl)cc1. The van der Waals surface area contributed by atoms with Crippen LogP contribution in [-0.2, 0) is 9.09 Å². The second-order valence-corrected chi connectivity index (χ2v) is 7.24. The van der Waals surface area contributed by atoms with Crippen LogP contribution in [-0.4, -0.2) is 35.5 Å². The molecule has 0 amide bonds. The quantitative estimate of drug-likeness (QED) is 0.357. The Balaban J connectivity index is 2.35. The maximum Gasteiger partial charge on any atom is 0.321 e. The normalized spacial score (nSPS) is 23.5. The molecule has 0 radical (unpaired) electrons. The lowest BCUT2D eigenvalue weighted by Gasteiger charge is -2.38. The van der Waals surface area contributed by atoms with Gasteiger partial charge in [-0.15, -0.1) is 21.3 Å². The molecule has 0 aliphatic carbocycles. The number of rotatable bonds is 5. The van der Waals surface area contributed by atoms with Gasteiger partial charge in [0, 0.05) is 17.4 Å². The van der Waals surface area contributed by atoms with Crippen molar-refractivity contribution in [2.75, 3.05) is 25.6 Å². The Hall–Kier alpha value is -0.650. The van der Waals surface area contributed by atoms with Crippen LogP contribution in [0.5, 0.6) is 0 Å². The zero-order valence-corrected chi connectivity index (χ0v) is 13.0. The van der Waals surface area contributed by atoms with Crippen LogP contribution in [0.3, 0.4) is 0 Å². The lowest BCUT2D eigenvalue weighted by molar-refractivity contribution is 0.0265. The first kappa shape index (κ1) is 15.7. The molecule has 1 saturated heterocycles. The van der Waals surface area contributed by atoms with E-state index in [9.17, 15) is 9.47 Å². The van der Waals surface area contributed by atoms with Gasteiger partial charge in [-0.2, -0.15) is 5.12 Å². The molecule has 20 heavy (non-hydrogen) atoms. The van der Waals surface area contributed by atoms with Gasteiger partial charge in [-0.05, 0) is 30.7 Å². The standard InChI is InChI=1S/C11H14Cl2N3O3P/c12-6-8-15(14-17)16-7-1-9-19-20(16,18)11-4-2-10(13)3-5-11/h2-5H,1,6-9H2. The van der Waals surface area contributed by atoms with Crippen LogP contribution in [0.1, 0.15) is 6.42 Å². The Morgan fingerprint density at radius 1 is 1.40 bits per heavy atom. The van der Waals surface area contributed by atoms with Crippen LogP contribution >= 0.6 is 30.7 Å².